The molecule has 4 aliphatic rings. The van der Waals surface area contributed by atoms with Crippen molar-refractivity contribution in [1.29, 1.82) is 0 Å². The van der Waals surface area contributed by atoms with E-state index in [2.05, 4.69) is 10.1 Å². The fourth-order valence-electron chi connectivity index (χ4n) is 5.05. The predicted octanol–water partition coefficient (Wildman–Crippen LogP) is 2.16. The first-order chi connectivity index (χ1) is 9.99. The van der Waals surface area contributed by atoms with Gasteiger partial charge in [0.15, 0.2) is 0 Å². The van der Waals surface area contributed by atoms with E-state index in [1.165, 1.54) is 26.4 Å². The summed E-state index contributed by atoms with van der Waals surface area (Å²) in [5, 5.41) is 3.30. The van der Waals surface area contributed by atoms with Crippen LogP contribution >= 0.6 is 0 Å². The highest BCUT2D eigenvalue weighted by Crippen LogP contribution is 2.55. The second kappa shape index (κ2) is 5.50. The van der Waals surface area contributed by atoms with Crippen molar-refractivity contribution in [3.05, 3.63) is 0 Å². The lowest BCUT2D eigenvalue weighted by molar-refractivity contribution is -0.140. The molecule has 0 saturated heterocycles. The van der Waals surface area contributed by atoms with Crippen LogP contribution in [0.2, 0.25) is 0 Å². The van der Waals surface area contributed by atoms with Crippen molar-refractivity contribution in [1.82, 2.24) is 10.2 Å². The van der Waals surface area contributed by atoms with E-state index >= 15 is 0 Å². The third kappa shape index (κ3) is 3.01. The molecule has 21 heavy (non-hydrogen) atoms. The molecule has 0 spiro atoms. The van der Waals surface area contributed by atoms with Crippen molar-refractivity contribution < 1.29 is 14.3 Å². The number of hydrogen-bond donors (Lipinski definition) is 1. The Morgan fingerprint density at radius 2 is 1.67 bits per heavy atom. The van der Waals surface area contributed by atoms with Crippen molar-refractivity contribution in [3.63, 3.8) is 0 Å². The number of ether oxygens (including phenoxy) is 1. The van der Waals surface area contributed by atoms with Crippen molar-refractivity contribution in [2.24, 2.45) is 17.8 Å². The van der Waals surface area contributed by atoms with Crippen LogP contribution in [0.3, 0.4) is 0 Å². The molecular formula is C16H26N2O3. The lowest BCUT2D eigenvalue weighted by Gasteiger charge is -2.57. The SMILES string of the molecule is COC(=O)CCN(C)C(=O)NC12CC3CC(CC(C3)C1)C2. The minimum atomic E-state index is -0.274. The molecule has 0 aromatic heterocycles. The number of hydrogen-bond acceptors (Lipinski definition) is 3. The normalized spacial score (nSPS) is 36.4. The van der Waals surface area contributed by atoms with Crippen molar-refractivity contribution >= 4 is 12.0 Å². The molecule has 1 N–H and O–H groups in total. The summed E-state index contributed by atoms with van der Waals surface area (Å²) in [4.78, 5) is 25.2. The van der Waals surface area contributed by atoms with E-state index in [4.69, 9.17) is 0 Å². The molecule has 118 valence electrons. The molecular weight excluding hydrogens is 268 g/mol. The Bertz CT molecular complexity index is 400. The van der Waals surface area contributed by atoms with Gasteiger partial charge in [-0.25, -0.2) is 4.79 Å². The van der Waals surface area contributed by atoms with Crippen molar-refractivity contribution in [3.8, 4) is 0 Å². The van der Waals surface area contributed by atoms with Gasteiger partial charge in [0.25, 0.3) is 0 Å². The predicted molar refractivity (Wildman–Crippen MR) is 78.7 cm³/mol. The molecule has 0 aromatic carbocycles. The van der Waals surface area contributed by atoms with Gasteiger partial charge in [0.1, 0.15) is 0 Å². The molecule has 4 fully saturated rings. The van der Waals surface area contributed by atoms with E-state index in [0.29, 0.717) is 6.54 Å². The van der Waals surface area contributed by atoms with Gasteiger partial charge in [0.2, 0.25) is 0 Å². The summed E-state index contributed by atoms with van der Waals surface area (Å²) < 4.78 is 4.62. The largest absolute Gasteiger partial charge is 0.469 e. The lowest BCUT2D eigenvalue weighted by atomic mass is 9.53. The molecule has 0 radical (unpaired) electrons. The molecule has 5 heteroatoms. The third-order valence-electron chi connectivity index (χ3n) is 5.64. The first-order valence-electron chi connectivity index (χ1n) is 8.10. The van der Waals surface area contributed by atoms with Crippen LogP contribution in [0.5, 0.6) is 0 Å². The average molecular weight is 294 g/mol. The quantitative estimate of drug-likeness (QED) is 0.808. The Hall–Kier alpha value is -1.26. The van der Waals surface area contributed by atoms with E-state index < -0.39 is 0 Å². The van der Waals surface area contributed by atoms with Crippen LogP contribution in [0.25, 0.3) is 0 Å². The number of nitrogens with one attached hydrogen (secondary N) is 1. The van der Waals surface area contributed by atoms with Crippen LogP contribution in [-0.2, 0) is 9.53 Å². The van der Waals surface area contributed by atoms with E-state index in [-0.39, 0.29) is 24.0 Å². The summed E-state index contributed by atoms with van der Waals surface area (Å²) in [6.45, 7) is 0.408. The Balaban J connectivity index is 1.56. The van der Waals surface area contributed by atoms with Gasteiger partial charge >= 0.3 is 12.0 Å². The topological polar surface area (TPSA) is 58.6 Å². The highest BCUT2D eigenvalue weighted by molar-refractivity contribution is 5.76. The molecule has 4 bridgehead atoms. The maximum atomic E-state index is 12.4. The number of esters is 1. The van der Waals surface area contributed by atoms with Crippen molar-refractivity contribution in [2.45, 2.75) is 50.5 Å². The zero-order valence-electron chi connectivity index (χ0n) is 13.1. The first-order valence-corrected chi connectivity index (χ1v) is 8.10. The summed E-state index contributed by atoms with van der Waals surface area (Å²) in [7, 11) is 3.12. The van der Waals surface area contributed by atoms with Crippen LogP contribution in [0.4, 0.5) is 4.79 Å². The smallest absolute Gasteiger partial charge is 0.317 e. The van der Waals surface area contributed by atoms with Crippen LogP contribution < -0.4 is 5.32 Å². The van der Waals surface area contributed by atoms with E-state index in [9.17, 15) is 9.59 Å². The number of carbonyl (C=O) groups excluding carboxylic acids is 2. The van der Waals surface area contributed by atoms with Crippen LogP contribution in [0.15, 0.2) is 0 Å². The molecule has 0 unspecified atom stereocenters. The summed E-state index contributed by atoms with van der Waals surface area (Å²) in [6, 6.07) is -0.0409. The molecule has 4 rings (SSSR count). The Morgan fingerprint density at radius 3 is 2.14 bits per heavy atom. The number of nitrogens with zero attached hydrogens (tertiary/aromatic N) is 1. The molecule has 4 saturated carbocycles. The van der Waals surface area contributed by atoms with Crippen LogP contribution in [-0.4, -0.2) is 43.1 Å². The Labute approximate surface area is 126 Å². The second-order valence-electron chi connectivity index (χ2n) is 7.38. The van der Waals surface area contributed by atoms with E-state index in [1.54, 1.807) is 11.9 Å². The Morgan fingerprint density at radius 1 is 1.14 bits per heavy atom. The van der Waals surface area contributed by atoms with Crippen molar-refractivity contribution in [2.75, 3.05) is 20.7 Å². The third-order valence-corrected chi connectivity index (χ3v) is 5.64. The highest BCUT2D eigenvalue weighted by atomic mass is 16.5. The zero-order valence-corrected chi connectivity index (χ0v) is 13.1. The van der Waals surface area contributed by atoms with Gasteiger partial charge in [0, 0.05) is 19.1 Å². The van der Waals surface area contributed by atoms with E-state index in [0.717, 1.165) is 37.0 Å². The molecule has 5 nitrogen and oxygen atoms in total. The average Bonchev–Trinajstić information content (AvgIpc) is 2.42. The zero-order chi connectivity index (χ0) is 15.0. The fraction of sp³-hybridized carbons (Fsp3) is 0.875. The summed E-state index contributed by atoms with van der Waals surface area (Å²) in [6.07, 6.45) is 7.80. The molecule has 0 atom stereocenters. The van der Waals surface area contributed by atoms with Gasteiger partial charge < -0.3 is 15.0 Å². The van der Waals surface area contributed by atoms with Gasteiger partial charge in [-0.15, -0.1) is 0 Å². The first kappa shape index (κ1) is 14.7. The van der Waals surface area contributed by atoms with E-state index in [1.807, 2.05) is 0 Å². The molecule has 4 aliphatic carbocycles. The number of methoxy groups -OCH3 is 1. The van der Waals surface area contributed by atoms with Gasteiger partial charge in [0.05, 0.1) is 13.5 Å². The monoisotopic (exact) mass is 294 g/mol. The maximum absolute atomic E-state index is 12.4. The molecule has 0 aliphatic heterocycles. The van der Waals surface area contributed by atoms with Crippen LogP contribution in [0.1, 0.15) is 44.9 Å². The maximum Gasteiger partial charge on any atom is 0.317 e. The number of carbonyl (C=O) groups is 2. The molecule has 2 amide bonds. The minimum absolute atomic E-state index is 0.0331. The Kier molecular flexibility index (Phi) is 3.84. The van der Waals surface area contributed by atoms with Gasteiger partial charge in [-0.3, -0.25) is 4.79 Å². The molecule has 0 aromatic rings. The minimum Gasteiger partial charge on any atom is -0.469 e. The number of urea groups is 1. The van der Waals surface area contributed by atoms with Gasteiger partial charge in [-0.2, -0.15) is 0 Å². The lowest BCUT2D eigenvalue weighted by Crippen LogP contribution is -2.61. The summed E-state index contributed by atoms with van der Waals surface area (Å²) >= 11 is 0. The fourth-order valence-corrected chi connectivity index (χ4v) is 5.05. The number of rotatable bonds is 4. The van der Waals surface area contributed by atoms with Gasteiger partial charge in [-0.05, 0) is 56.3 Å². The second-order valence-corrected chi connectivity index (χ2v) is 7.38. The number of amides is 2. The standard InChI is InChI=1S/C16H26N2O3/c1-18(4-3-14(19)21-2)15(20)17-16-8-11-5-12(9-16)7-13(6-11)10-16/h11-13H,3-10H2,1-2H3,(H,17,20). The summed E-state index contributed by atoms with van der Waals surface area (Å²) in [5.74, 6) is 2.18. The summed E-state index contributed by atoms with van der Waals surface area (Å²) in [5.41, 5.74) is 0.0331. The van der Waals surface area contributed by atoms with Crippen LogP contribution in [0, 0.1) is 17.8 Å². The van der Waals surface area contributed by atoms with Gasteiger partial charge in [-0.1, -0.05) is 0 Å². The molecule has 0 heterocycles. The highest BCUT2D eigenvalue weighted by Gasteiger charge is 2.51.